The van der Waals surface area contributed by atoms with Crippen molar-refractivity contribution < 1.29 is 13.5 Å². The van der Waals surface area contributed by atoms with E-state index >= 15 is 0 Å². The van der Waals surface area contributed by atoms with Gasteiger partial charge < -0.3 is 15.0 Å². The molecule has 112 valence electrons. The molecule has 0 saturated carbocycles. The standard InChI is InChI=1S/C15H17F2N3O/c1-18-14-11(16)8-12(17)15(19-14)20(2)9-10-6-4-5-7-13(10)21-3/h4-8H,9H2,1-3H3,(H,18,19). The molecule has 0 spiro atoms. The van der Waals surface area contributed by atoms with E-state index in [2.05, 4.69) is 10.3 Å². The molecule has 0 bridgehead atoms. The molecule has 0 aliphatic carbocycles. The van der Waals surface area contributed by atoms with E-state index in [4.69, 9.17) is 4.74 Å². The Morgan fingerprint density at radius 2 is 1.95 bits per heavy atom. The lowest BCUT2D eigenvalue weighted by molar-refractivity contribution is 0.409. The summed E-state index contributed by atoms with van der Waals surface area (Å²) in [5.74, 6) is -0.626. The predicted molar refractivity (Wildman–Crippen MR) is 78.8 cm³/mol. The summed E-state index contributed by atoms with van der Waals surface area (Å²) >= 11 is 0. The van der Waals surface area contributed by atoms with E-state index in [9.17, 15) is 8.78 Å². The van der Waals surface area contributed by atoms with Gasteiger partial charge in [-0.1, -0.05) is 18.2 Å². The van der Waals surface area contributed by atoms with Crippen LogP contribution in [0.1, 0.15) is 5.56 Å². The first-order chi connectivity index (χ1) is 10.1. The normalized spacial score (nSPS) is 10.3. The highest BCUT2D eigenvalue weighted by atomic mass is 19.1. The smallest absolute Gasteiger partial charge is 0.168 e. The first-order valence-electron chi connectivity index (χ1n) is 6.43. The Balaban J connectivity index is 2.30. The molecule has 0 aliphatic heterocycles. The maximum Gasteiger partial charge on any atom is 0.168 e. The minimum Gasteiger partial charge on any atom is -0.496 e. The molecule has 0 aliphatic rings. The topological polar surface area (TPSA) is 37.4 Å². The number of anilines is 2. The third-order valence-corrected chi connectivity index (χ3v) is 3.11. The Hall–Kier alpha value is -2.37. The van der Waals surface area contributed by atoms with Gasteiger partial charge in [0.2, 0.25) is 0 Å². The average Bonchev–Trinajstić information content (AvgIpc) is 2.47. The molecule has 2 aromatic rings. The lowest BCUT2D eigenvalue weighted by Crippen LogP contribution is -2.20. The summed E-state index contributed by atoms with van der Waals surface area (Å²) in [7, 11) is 4.80. The van der Waals surface area contributed by atoms with Crippen molar-refractivity contribution >= 4 is 11.6 Å². The van der Waals surface area contributed by atoms with Crippen LogP contribution in [-0.4, -0.2) is 26.2 Å². The van der Waals surface area contributed by atoms with Crippen LogP contribution < -0.4 is 15.0 Å². The van der Waals surface area contributed by atoms with Crippen molar-refractivity contribution in [2.24, 2.45) is 0 Å². The number of ether oxygens (including phenoxy) is 1. The molecule has 21 heavy (non-hydrogen) atoms. The molecule has 1 aromatic carbocycles. The zero-order valence-corrected chi connectivity index (χ0v) is 12.2. The van der Waals surface area contributed by atoms with E-state index in [-0.39, 0.29) is 11.6 Å². The highest BCUT2D eigenvalue weighted by Gasteiger charge is 2.16. The van der Waals surface area contributed by atoms with Crippen molar-refractivity contribution in [3.63, 3.8) is 0 Å². The van der Waals surface area contributed by atoms with Gasteiger partial charge in [-0.15, -0.1) is 0 Å². The molecule has 0 amide bonds. The largest absolute Gasteiger partial charge is 0.496 e. The molecule has 6 heteroatoms. The fourth-order valence-electron chi connectivity index (χ4n) is 2.06. The lowest BCUT2D eigenvalue weighted by atomic mass is 10.2. The number of hydrogen-bond acceptors (Lipinski definition) is 4. The summed E-state index contributed by atoms with van der Waals surface area (Å²) in [5, 5.41) is 2.60. The van der Waals surface area contributed by atoms with E-state index in [0.717, 1.165) is 11.6 Å². The van der Waals surface area contributed by atoms with Crippen LogP contribution in [0.25, 0.3) is 0 Å². The minimum atomic E-state index is -0.718. The summed E-state index contributed by atoms with van der Waals surface area (Å²) in [6.07, 6.45) is 0. The van der Waals surface area contributed by atoms with Crippen molar-refractivity contribution in [1.82, 2.24) is 4.98 Å². The van der Waals surface area contributed by atoms with Gasteiger partial charge >= 0.3 is 0 Å². The van der Waals surface area contributed by atoms with E-state index < -0.39 is 11.6 Å². The number of rotatable bonds is 5. The Morgan fingerprint density at radius 3 is 2.62 bits per heavy atom. The van der Waals surface area contributed by atoms with Crippen molar-refractivity contribution in [2.45, 2.75) is 6.54 Å². The summed E-state index contributed by atoms with van der Waals surface area (Å²) < 4.78 is 32.6. The number of halogens is 2. The maximum atomic E-state index is 13.9. The molecule has 0 unspecified atom stereocenters. The average molecular weight is 293 g/mol. The third kappa shape index (κ3) is 3.21. The Morgan fingerprint density at radius 1 is 1.24 bits per heavy atom. The number of para-hydroxylation sites is 1. The van der Waals surface area contributed by atoms with Crippen LogP contribution in [0.2, 0.25) is 0 Å². The number of aromatic nitrogens is 1. The van der Waals surface area contributed by atoms with E-state index in [1.165, 1.54) is 7.05 Å². The summed E-state index contributed by atoms with van der Waals surface area (Å²) in [5.41, 5.74) is 0.888. The number of nitrogens with zero attached hydrogens (tertiary/aromatic N) is 2. The van der Waals surface area contributed by atoms with Crippen molar-refractivity contribution in [1.29, 1.82) is 0 Å². The highest BCUT2D eigenvalue weighted by Crippen LogP contribution is 2.25. The fourth-order valence-corrected chi connectivity index (χ4v) is 2.06. The van der Waals surface area contributed by atoms with Gasteiger partial charge in [0.25, 0.3) is 0 Å². The van der Waals surface area contributed by atoms with Crippen LogP contribution in [0.3, 0.4) is 0 Å². The van der Waals surface area contributed by atoms with Crippen LogP contribution >= 0.6 is 0 Å². The van der Waals surface area contributed by atoms with Gasteiger partial charge in [-0.3, -0.25) is 0 Å². The Kier molecular flexibility index (Phi) is 4.57. The van der Waals surface area contributed by atoms with Crippen LogP contribution in [0.15, 0.2) is 30.3 Å². The summed E-state index contributed by atoms with van der Waals surface area (Å²) in [4.78, 5) is 5.57. The summed E-state index contributed by atoms with van der Waals surface area (Å²) in [6.45, 7) is 0.392. The fraction of sp³-hybridized carbons (Fsp3) is 0.267. The number of pyridine rings is 1. The monoisotopic (exact) mass is 293 g/mol. The molecule has 2 rings (SSSR count). The molecule has 1 aromatic heterocycles. The second-order valence-corrected chi connectivity index (χ2v) is 4.54. The summed E-state index contributed by atoms with van der Waals surface area (Å²) in [6, 6.07) is 8.27. The van der Waals surface area contributed by atoms with Crippen LogP contribution in [0, 0.1) is 11.6 Å². The molecule has 0 saturated heterocycles. The quantitative estimate of drug-likeness (QED) is 0.919. The van der Waals surface area contributed by atoms with Gasteiger partial charge in [0.1, 0.15) is 5.75 Å². The van der Waals surface area contributed by atoms with Crippen molar-refractivity contribution in [3.8, 4) is 5.75 Å². The number of methoxy groups -OCH3 is 1. The van der Waals surface area contributed by atoms with E-state index in [1.54, 1.807) is 19.1 Å². The van der Waals surface area contributed by atoms with Gasteiger partial charge in [-0.25, -0.2) is 13.8 Å². The van der Waals surface area contributed by atoms with Crippen molar-refractivity contribution in [2.75, 3.05) is 31.4 Å². The van der Waals surface area contributed by atoms with Gasteiger partial charge in [-0.2, -0.15) is 0 Å². The van der Waals surface area contributed by atoms with Crippen LogP contribution in [-0.2, 0) is 6.54 Å². The predicted octanol–water partition coefficient (Wildman–Crippen LogP) is 3.05. The molecule has 1 heterocycles. The van der Waals surface area contributed by atoms with E-state index in [0.29, 0.717) is 12.3 Å². The molecule has 0 radical (unpaired) electrons. The Labute approximate surface area is 122 Å². The van der Waals surface area contributed by atoms with Crippen LogP contribution in [0.5, 0.6) is 5.75 Å². The molecule has 1 N–H and O–H groups in total. The second-order valence-electron chi connectivity index (χ2n) is 4.54. The minimum absolute atomic E-state index is 0.0123. The maximum absolute atomic E-state index is 13.9. The second kappa shape index (κ2) is 6.39. The molecule has 4 nitrogen and oxygen atoms in total. The third-order valence-electron chi connectivity index (χ3n) is 3.11. The van der Waals surface area contributed by atoms with Crippen LogP contribution in [0.4, 0.5) is 20.4 Å². The van der Waals surface area contributed by atoms with Gasteiger partial charge in [0, 0.05) is 32.3 Å². The van der Waals surface area contributed by atoms with Crippen molar-refractivity contribution in [3.05, 3.63) is 47.5 Å². The SMILES string of the molecule is CNc1nc(N(C)Cc2ccccc2OC)c(F)cc1F. The first-order valence-corrected chi connectivity index (χ1v) is 6.43. The molecule has 0 fully saturated rings. The molecule has 0 atom stereocenters. The zero-order valence-electron chi connectivity index (χ0n) is 12.2. The molecular weight excluding hydrogens is 276 g/mol. The van der Waals surface area contributed by atoms with E-state index in [1.807, 2.05) is 24.3 Å². The van der Waals surface area contributed by atoms with Gasteiger partial charge in [0.15, 0.2) is 23.3 Å². The highest BCUT2D eigenvalue weighted by molar-refractivity contribution is 5.49. The number of benzene rings is 1. The van der Waals surface area contributed by atoms with Gasteiger partial charge in [-0.05, 0) is 6.07 Å². The zero-order chi connectivity index (χ0) is 15.4. The molecular formula is C15H17F2N3O. The first kappa shape index (κ1) is 15.0. The van der Waals surface area contributed by atoms with Gasteiger partial charge in [0.05, 0.1) is 7.11 Å². The lowest BCUT2D eigenvalue weighted by Gasteiger charge is -2.21. The number of nitrogens with one attached hydrogen (secondary N) is 1. The number of hydrogen-bond donors (Lipinski definition) is 1. The Bertz CT molecular complexity index is 634.